The molecule has 1 saturated heterocycles. The third kappa shape index (κ3) is 5.98. The molecule has 7 nitrogen and oxygen atoms in total. The molecule has 2 aromatic rings. The van der Waals surface area contributed by atoms with Crippen LogP contribution in [-0.2, 0) is 9.47 Å². The number of carbonyl (C=O) groups excluding carboxylic acids is 2. The molecule has 190 valence electrons. The predicted octanol–water partition coefficient (Wildman–Crippen LogP) is 5.49. The molecule has 1 aliphatic heterocycles. The molecular weight excluding hydrogens is 487 g/mol. The minimum absolute atomic E-state index is 0.0260. The second-order valence-corrected chi connectivity index (χ2v) is 10.5. The zero-order valence-electron chi connectivity index (χ0n) is 19.6. The maximum Gasteiger partial charge on any atom is 0.418 e. The van der Waals surface area contributed by atoms with Gasteiger partial charge < -0.3 is 14.4 Å². The smallest absolute Gasteiger partial charge is 0.418 e. The van der Waals surface area contributed by atoms with E-state index < -0.39 is 36.0 Å². The fraction of sp³-hybridized carbons (Fsp3) is 0.542. The molecule has 4 atom stereocenters. The van der Waals surface area contributed by atoms with E-state index in [-0.39, 0.29) is 28.1 Å². The lowest BCUT2D eigenvalue weighted by Gasteiger charge is -2.26. The molecule has 4 rings (SSSR count). The first-order valence-corrected chi connectivity index (χ1v) is 11.7. The van der Waals surface area contributed by atoms with Crippen LogP contribution >= 0.6 is 11.6 Å². The van der Waals surface area contributed by atoms with Gasteiger partial charge in [-0.3, -0.25) is 0 Å². The molecule has 0 spiro atoms. The Kier molecular flexibility index (Phi) is 6.89. The van der Waals surface area contributed by atoms with Crippen LogP contribution < -0.4 is 0 Å². The number of benzene rings is 1. The van der Waals surface area contributed by atoms with E-state index in [0.717, 1.165) is 4.68 Å². The number of carbonyl (C=O) groups is 2. The summed E-state index contributed by atoms with van der Waals surface area (Å²) in [5.74, 6) is -0.572. The number of rotatable bonds is 4. The normalized spacial score (nSPS) is 23.3. The van der Waals surface area contributed by atoms with E-state index in [1.165, 1.54) is 36.5 Å². The zero-order chi connectivity index (χ0) is 25.5. The van der Waals surface area contributed by atoms with Crippen molar-refractivity contribution in [1.82, 2.24) is 14.7 Å². The van der Waals surface area contributed by atoms with E-state index in [2.05, 4.69) is 5.10 Å². The standard InChI is InChI=1S/C24H27ClF3N3O4/c1-23(2,3)35-21(32)19-7-8-31(29-19)22(33)30-12-15-10-18(11-16(15)13-30)34-20(24(26,27)28)14-5-4-6-17(25)9-14/h4-9,15-16,18,20H,10-13H2,1-3H3/t15-,16+,18?,20?. The molecular formula is C24H27ClF3N3O4. The second kappa shape index (κ2) is 9.46. The van der Waals surface area contributed by atoms with E-state index in [1.54, 1.807) is 25.7 Å². The number of hydrogen-bond acceptors (Lipinski definition) is 5. The van der Waals surface area contributed by atoms with Crippen molar-refractivity contribution in [3.8, 4) is 0 Å². The number of hydrogen-bond donors (Lipinski definition) is 0. The highest BCUT2D eigenvalue weighted by molar-refractivity contribution is 6.30. The Morgan fingerprint density at radius 2 is 1.77 bits per heavy atom. The van der Waals surface area contributed by atoms with Gasteiger partial charge in [0, 0.05) is 24.3 Å². The monoisotopic (exact) mass is 513 g/mol. The topological polar surface area (TPSA) is 73.7 Å². The van der Waals surface area contributed by atoms with Crippen LogP contribution in [0.2, 0.25) is 5.02 Å². The maximum atomic E-state index is 13.7. The summed E-state index contributed by atoms with van der Waals surface area (Å²) in [4.78, 5) is 26.7. The van der Waals surface area contributed by atoms with E-state index in [0.29, 0.717) is 25.9 Å². The first-order valence-electron chi connectivity index (χ1n) is 11.4. The van der Waals surface area contributed by atoms with E-state index in [9.17, 15) is 22.8 Å². The Balaban J connectivity index is 1.36. The van der Waals surface area contributed by atoms with Gasteiger partial charge in [-0.15, -0.1) is 0 Å². The van der Waals surface area contributed by atoms with Gasteiger partial charge in [0.05, 0.1) is 6.10 Å². The van der Waals surface area contributed by atoms with Gasteiger partial charge >= 0.3 is 18.2 Å². The maximum absolute atomic E-state index is 13.7. The van der Waals surface area contributed by atoms with Gasteiger partial charge in [-0.25, -0.2) is 9.59 Å². The van der Waals surface area contributed by atoms with Crippen LogP contribution in [-0.4, -0.2) is 57.7 Å². The summed E-state index contributed by atoms with van der Waals surface area (Å²) in [7, 11) is 0. The van der Waals surface area contributed by atoms with Crippen LogP contribution in [0.3, 0.4) is 0 Å². The number of halogens is 4. The highest BCUT2D eigenvalue weighted by atomic mass is 35.5. The van der Waals surface area contributed by atoms with Crippen molar-refractivity contribution in [2.45, 2.75) is 57.6 Å². The van der Waals surface area contributed by atoms with Gasteiger partial charge in [0.2, 0.25) is 0 Å². The largest absolute Gasteiger partial charge is 0.455 e. The van der Waals surface area contributed by atoms with Crippen molar-refractivity contribution in [3.05, 3.63) is 52.8 Å². The van der Waals surface area contributed by atoms with Crippen molar-refractivity contribution in [2.24, 2.45) is 11.8 Å². The van der Waals surface area contributed by atoms with Gasteiger partial charge in [-0.1, -0.05) is 23.7 Å². The Morgan fingerprint density at radius 1 is 1.11 bits per heavy atom. The van der Waals surface area contributed by atoms with Crippen molar-refractivity contribution in [1.29, 1.82) is 0 Å². The molecule has 2 fully saturated rings. The van der Waals surface area contributed by atoms with E-state index in [1.807, 2.05) is 0 Å². The van der Waals surface area contributed by atoms with Gasteiger partial charge in [0.1, 0.15) is 5.60 Å². The van der Waals surface area contributed by atoms with Gasteiger partial charge in [-0.2, -0.15) is 23.0 Å². The summed E-state index contributed by atoms with van der Waals surface area (Å²) >= 11 is 5.88. The summed E-state index contributed by atoms with van der Waals surface area (Å²) in [6.07, 6.45) is -4.96. The van der Waals surface area contributed by atoms with Crippen molar-refractivity contribution < 1.29 is 32.2 Å². The van der Waals surface area contributed by atoms with Crippen LogP contribution in [0.4, 0.5) is 18.0 Å². The lowest BCUT2D eigenvalue weighted by atomic mass is 10.0. The van der Waals surface area contributed by atoms with Crippen LogP contribution in [0.5, 0.6) is 0 Å². The molecule has 0 bridgehead atoms. The van der Waals surface area contributed by atoms with Crippen LogP contribution in [0.15, 0.2) is 36.5 Å². The average Bonchev–Trinajstić information content (AvgIpc) is 3.44. The van der Waals surface area contributed by atoms with E-state index in [4.69, 9.17) is 21.1 Å². The van der Waals surface area contributed by atoms with Gasteiger partial charge in [-0.05, 0) is 69.2 Å². The summed E-state index contributed by atoms with van der Waals surface area (Å²) in [5.41, 5.74) is -0.688. The number of likely N-dealkylation sites (tertiary alicyclic amines) is 1. The highest BCUT2D eigenvalue weighted by Crippen LogP contribution is 2.44. The summed E-state index contributed by atoms with van der Waals surface area (Å²) in [6, 6.07) is 6.64. The molecule has 0 radical (unpaired) electrons. The average molecular weight is 514 g/mol. The number of aromatic nitrogens is 2. The molecule has 2 aliphatic rings. The Hall–Kier alpha value is -2.59. The number of amides is 1. The third-order valence-electron chi connectivity index (χ3n) is 6.15. The summed E-state index contributed by atoms with van der Waals surface area (Å²) < 4.78 is 53.1. The number of esters is 1. The van der Waals surface area contributed by atoms with Crippen LogP contribution in [0.25, 0.3) is 0 Å². The molecule has 1 aliphatic carbocycles. The molecule has 0 N–H and O–H groups in total. The molecule has 1 aromatic carbocycles. The Bertz CT molecular complexity index is 1080. The molecule has 1 saturated carbocycles. The van der Waals surface area contributed by atoms with Crippen molar-refractivity contribution in [2.75, 3.05) is 13.1 Å². The fourth-order valence-corrected chi connectivity index (χ4v) is 4.93. The number of ether oxygens (including phenoxy) is 2. The second-order valence-electron chi connectivity index (χ2n) is 10.1. The van der Waals surface area contributed by atoms with Crippen molar-refractivity contribution >= 4 is 23.6 Å². The molecule has 1 amide bonds. The van der Waals surface area contributed by atoms with E-state index >= 15 is 0 Å². The number of fused-ring (bicyclic) bond motifs is 1. The summed E-state index contributed by atoms with van der Waals surface area (Å²) in [5, 5.41) is 4.26. The van der Waals surface area contributed by atoms with Crippen LogP contribution in [0.1, 0.15) is 55.8 Å². The van der Waals surface area contributed by atoms with Gasteiger partial charge in [0.15, 0.2) is 11.8 Å². The predicted molar refractivity (Wildman–Crippen MR) is 121 cm³/mol. The Labute approximate surface area is 206 Å². The molecule has 11 heteroatoms. The third-order valence-corrected chi connectivity index (χ3v) is 6.38. The lowest BCUT2D eigenvalue weighted by Crippen LogP contribution is -2.35. The Morgan fingerprint density at radius 3 is 2.34 bits per heavy atom. The first kappa shape index (κ1) is 25.5. The SMILES string of the molecule is CC(C)(C)OC(=O)c1ccn(C(=O)N2C[C@H]3CC(OC(c4cccc(Cl)c4)C(F)(F)F)C[C@H]3C2)n1. The summed E-state index contributed by atoms with van der Waals surface area (Å²) in [6.45, 7) is 5.98. The molecule has 2 unspecified atom stereocenters. The molecule has 1 aromatic heterocycles. The van der Waals surface area contributed by atoms with Gasteiger partial charge in [0.25, 0.3) is 0 Å². The minimum atomic E-state index is -4.57. The molecule has 35 heavy (non-hydrogen) atoms. The molecule has 2 heterocycles. The fourth-order valence-electron chi connectivity index (χ4n) is 4.73. The first-order chi connectivity index (χ1) is 16.3. The number of alkyl halides is 3. The number of nitrogens with zero attached hydrogens (tertiary/aromatic N) is 3. The quantitative estimate of drug-likeness (QED) is 0.505. The zero-order valence-corrected chi connectivity index (χ0v) is 20.3. The highest BCUT2D eigenvalue weighted by Gasteiger charge is 2.48. The lowest BCUT2D eigenvalue weighted by molar-refractivity contribution is -0.236. The minimum Gasteiger partial charge on any atom is -0.455 e. The van der Waals surface area contributed by atoms with Crippen LogP contribution in [0, 0.1) is 11.8 Å². The van der Waals surface area contributed by atoms with Crippen molar-refractivity contribution in [3.63, 3.8) is 0 Å².